The Labute approximate surface area is 113 Å². The lowest BCUT2D eigenvalue weighted by atomic mass is 10.1. The van der Waals surface area contributed by atoms with Gasteiger partial charge in [0.1, 0.15) is 0 Å². The Morgan fingerprint density at radius 1 is 1.21 bits per heavy atom. The second kappa shape index (κ2) is 7.94. The third kappa shape index (κ3) is 5.87. The molecule has 0 aliphatic heterocycles. The molecule has 19 heavy (non-hydrogen) atoms. The fourth-order valence-corrected chi connectivity index (χ4v) is 1.77. The quantitative estimate of drug-likeness (QED) is 0.726. The average Bonchev–Trinajstić information content (AvgIpc) is 2.31. The van der Waals surface area contributed by atoms with Crippen molar-refractivity contribution < 1.29 is 18.3 Å². The fraction of sp³-hybridized carbons (Fsp3) is 0.571. The summed E-state index contributed by atoms with van der Waals surface area (Å²) in [5.74, 6) is 0.471. The number of benzene rings is 1. The maximum atomic E-state index is 12.2. The first-order chi connectivity index (χ1) is 9.02. The second-order valence-corrected chi connectivity index (χ2v) is 4.50. The van der Waals surface area contributed by atoms with Crippen molar-refractivity contribution in [2.45, 2.75) is 26.4 Å². The summed E-state index contributed by atoms with van der Waals surface area (Å²) in [4.78, 5) is 2.11. The lowest BCUT2D eigenvalue weighted by molar-refractivity contribution is -0.0514. The molecule has 0 amide bonds. The molecule has 0 N–H and O–H groups in total. The maximum absolute atomic E-state index is 12.2. The lowest BCUT2D eigenvalue weighted by Crippen LogP contribution is -2.13. The van der Waals surface area contributed by atoms with Crippen LogP contribution < -0.4 is 9.47 Å². The van der Waals surface area contributed by atoms with Gasteiger partial charge in [0.25, 0.3) is 0 Å². The monoisotopic (exact) mass is 273 g/mol. The van der Waals surface area contributed by atoms with Gasteiger partial charge in [-0.25, -0.2) is 0 Å². The van der Waals surface area contributed by atoms with E-state index in [1.807, 2.05) is 21.0 Å². The van der Waals surface area contributed by atoms with Gasteiger partial charge in [0, 0.05) is 0 Å². The van der Waals surface area contributed by atoms with E-state index in [0.29, 0.717) is 12.4 Å². The number of nitrogens with zero attached hydrogens (tertiary/aromatic N) is 1. The lowest BCUT2D eigenvalue weighted by Gasteiger charge is -2.13. The normalized spacial score (nSPS) is 11.1. The van der Waals surface area contributed by atoms with Crippen LogP contribution in [0.1, 0.15) is 18.9 Å². The average molecular weight is 273 g/mol. The maximum Gasteiger partial charge on any atom is 0.387 e. The van der Waals surface area contributed by atoms with E-state index in [1.54, 1.807) is 18.2 Å². The molecule has 0 bridgehead atoms. The highest BCUT2D eigenvalue weighted by molar-refractivity contribution is 5.43. The molecule has 108 valence electrons. The summed E-state index contributed by atoms with van der Waals surface area (Å²) in [6.07, 6.45) is 1.89. The number of alkyl halides is 2. The summed E-state index contributed by atoms with van der Waals surface area (Å²) in [6, 6.07) is 5.12. The summed E-state index contributed by atoms with van der Waals surface area (Å²) < 4.78 is 34.3. The minimum atomic E-state index is -2.83. The first kappa shape index (κ1) is 15.7. The van der Waals surface area contributed by atoms with Crippen molar-refractivity contribution >= 4 is 0 Å². The molecule has 0 aliphatic rings. The van der Waals surface area contributed by atoms with E-state index in [4.69, 9.17) is 4.74 Å². The van der Waals surface area contributed by atoms with Crippen LogP contribution in [-0.4, -0.2) is 38.8 Å². The van der Waals surface area contributed by atoms with Gasteiger partial charge in [0.2, 0.25) is 0 Å². The summed E-state index contributed by atoms with van der Waals surface area (Å²) in [6.45, 7) is 0.379. The van der Waals surface area contributed by atoms with Crippen molar-refractivity contribution in [2.75, 3.05) is 27.2 Å². The SMILES string of the molecule is CCOc1cc(CCCN(C)C)ccc1OC(F)F. The largest absolute Gasteiger partial charge is 0.490 e. The van der Waals surface area contributed by atoms with Crippen LogP contribution in [0.3, 0.4) is 0 Å². The van der Waals surface area contributed by atoms with Gasteiger partial charge in [-0.15, -0.1) is 0 Å². The van der Waals surface area contributed by atoms with Crippen molar-refractivity contribution in [1.82, 2.24) is 4.90 Å². The Morgan fingerprint density at radius 2 is 1.95 bits per heavy atom. The van der Waals surface area contributed by atoms with E-state index < -0.39 is 6.61 Å². The summed E-state index contributed by atoms with van der Waals surface area (Å²) in [5.41, 5.74) is 1.06. The Morgan fingerprint density at radius 3 is 2.53 bits per heavy atom. The molecular formula is C14H21F2NO2. The zero-order valence-corrected chi connectivity index (χ0v) is 11.7. The third-order valence-corrected chi connectivity index (χ3v) is 2.59. The van der Waals surface area contributed by atoms with E-state index in [1.165, 1.54) is 0 Å². The van der Waals surface area contributed by atoms with Crippen molar-refractivity contribution in [3.63, 3.8) is 0 Å². The smallest absolute Gasteiger partial charge is 0.387 e. The standard InChI is InChI=1S/C14H21F2NO2/c1-4-18-13-10-11(6-5-9-17(2)3)7-8-12(13)19-14(15)16/h7-8,10,14H,4-6,9H2,1-3H3. The Kier molecular flexibility index (Phi) is 6.56. The van der Waals surface area contributed by atoms with Crippen LogP contribution in [0.25, 0.3) is 0 Å². The van der Waals surface area contributed by atoms with Crippen LogP contribution >= 0.6 is 0 Å². The highest BCUT2D eigenvalue weighted by atomic mass is 19.3. The summed E-state index contributed by atoms with van der Waals surface area (Å²) in [7, 11) is 4.04. The van der Waals surface area contributed by atoms with Gasteiger partial charge in [0.15, 0.2) is 11.5 Å². The topological polar surface area (TPSA) is 21.7 Å². The molecule has 1 aromatic carbocycles. The van der Waals surface area contributed by atoms with Crippen molar-refractivity contribution in [1.29, 1.82) is 0 Å². The van der Waals surface area contributed by atoms with E-state index in [9.17, 15) is 8.78 Å². The number of halogens is 2. The van der Waals surface area contributed by atoms with Crippen LogP contribution in [0.2, 0.25) is 0 Å². The van der Waals surface area contributed by atoms with E-state index in [0.717, 1.165) is 24.9 Å². The van der Waals surface area contributed by atoms with Gasteiger partial charge < -0.3 is 14.4 Å². The highest BCUT2D eigenvalue weighted by Gasteiger charge is 2.11. The first-order valence-electron chi connectivity index (χ1n) is 6.38. The first-order valence-corrected chi connectivity index (χ1v) is 6.38. The van der Waals surface area contributed by atoms with Crippen LogP contribution in [-0.2, 0) is 6.42 Å². The number of ether oxygens (including phenoxy) is 2. The molecule has 0 saturated heterocycles. The van der Waals surface area contributed by atoms with Gasteiger partial charge in [-0.05, 0) is 58.1 Å². The molecule has 3 nitrogen and oxygen atoms in total. The van der Waals surface area contributed by atoms with Gasteiger partial charge >= 0.3 is 6.61 Å². The van der Waals surface area contributed by atoms with Gasteiger partial charge in [-0.1, -0.05) is 6.07 Å². The fourth-order valence-electron chi connectivity index (χ4n) is 1.77. The van der Waals surface area contributed by atoms with Crippen molar-refractivity contribution in [2.24, 2.45) is 0 Å². The summed E-state index contributed by atoms with van der Waals surface area (Å²) in [5, 5.41) is 0. The Balaban J connectivity index is 2.71. The van der Waals surface area contributed by atoms with Gasteiger partial charge in [0.05, 0.1) is 6.61 Å². The van der Waals surface area contributed by atoms with Crippen molar-refractivity contribution in [3.05, 3.63) is 23.8 Å². The molecule has 0 radical (unpaired) electrons. The van der Waals surface area contributed by atoms with E-state index in [2.05, 4.69) is 9.64 Å². The van der Waals surface area contributed by atoms with Gasteiger partial charge in [-0.3, -0.25) is 0 Å². The van der Waals surface area contributed by atoms with Crippen molar-refractivity contribution in [3.8, 4) is 11.5 Å². The molecule has 0 aromatic heterocycles. The predicted molar refractivity (Wildman–Crippen MR) is 71.1 cm³/mol. The van der Waals surface area contributed by atoms with Gasteiger partial charge in [-0.2, -0.15) is 8.78 Å². The van der Waals surface area contributed by atoms with Crippen LogP contribution in [0.4, 0.5) is 8.78 Å². The summed E-state index contributed by atoms with van der Waals surface area (Å²) >= 11 is 0. The number of rotatable bonds is 8. The van der Waals surface area contributed by atoms with Crippen LogP contribution in [0.15, 0.2) is 18.2 Å². The Hall–Kier alpha value is -1.36. The minimum absolute atomic E-state index is 0.0909. The number of hydrogen-bond acceptors (Lipinski definition) is 3. The molecule has 5 heteroatoms. The zero-order valence-electron chi connectivity index (χ0n) is 11.7. The number of aryl methyl sites for hydroxylation is 1. The second-order valence-electron chi connectivity index (χ2n) is 4.50. The molecule has 0 aliphatic carbocycles. The van der Waals surface area contributed by atoms with Crippen LogP contribution in [0.5, 0.6) is 11.5 Å². The third-order valence-electron chi connectivity index (χ3n) is 2.59. The zero-order chi connectivity index (χ0) is 14.3. The minimum Gasteiger partial charge on any atom is -0.490 e. The highest BCUT2D eigenvalue weighted by Crippen LogP contribution is 2.30. The molecule has 1 rings (SSSR count). The number of hydrogen-bond donors (Lipinski definition) is 0. The predicted octanol–water partition coefficient (Wildman–Crippen LogP) is 3.18. The molecule has 0 unspecified atom stereocenters. The van der Waals surface area contributed by atoms with E-state index in [-0.39, 0.29) is 5.75 Å². The molecule has 0 fully saturated rings. The Bertz CT molecular complexity index is 384. The molecule has 0 atom stereocenters. The molecule has 0 saturated carbocycles. The molecular weight excluding hydrogens is 252 g/mol. The molecule has 0 spiro atoms. The van der Waals surface area contributed by atoms with Crippen LogP contribution in [0, 0.1) is 0 Å². The van der Waals surface area contributed by atoms with E-state index >= 15 is 0 Å². The molecule has 0 heterocycles. The molecule has 1 aromatic rings.